The first-order valence-corrected chi connectivity index (χ1v) is 6.48. The Labute approximate surface area is 123 Å². The SMILES string of the molecule is Cl.OC[C@H](c1cc(Cl)cc(Cl)c1)N1CCNCC1. The summed E-state index contributed by atoms with van der Waals surface area (Å²) < 4.78 is 0. The molecule has 0 unspecified atom stereocenters. The summed E-state index contributed by atoms with van der Waals surface area (Å²) >= 11 is 12.0. The van der Waals surface area contributed by atoms with Gasteiger partial charge in [-0.25, -0.2) is 0 Å². The van der Waals surface area contributed by atoms with Gasteiger partial charge in [-0.2, -0.15) is 0 Å². The van der Waals surface area contributed by atoms with Gasteiger partial charge >= 0.3 is 0 Å². The highest BCUT2D eigenvalue weighted by Gasteiger charge is 2.21. The molecule has 1 atom stereocenters. The van der Waals surface area contributed by atoms with Crippen LogP contribution in [0.1, 0.15) is 11.6 Å². The summed E-state index contributed by atoms with van der Waals surface area (Å²) in [7, 11) is 0. The van der Waals surface area contributed by atoms with Gasteiger partial charge in [-0.3, -0.25) is 4.90 Å². The Kier molecular flexibility index (Phi) is 6.71. The lowest BCUT2D eigenvalue weighted by Crippen LogP contribution is -2.46. The molecular formula is C12H17Cl3N2O. The highest BCUT2D eigenvalue weighted by molar-refractivity contribution is 6.34. The van der Waals surface area contributed by atoms with Crippen molar-refractivity contribution in [2.45, 2.75) is 6.04 Å². The molecule has 1 aliphatic heterocycles. The van der Waals surface area contributed by atoms with E-state index in [0.29, 0.717) is 10.0 Å². The number of aliphatic hydroxyl groups excluding tert-OH is 1. The lowest BCUT2D eigenvalue weighted by Gasteiger charge is -2.34. The van der Waals surface area contributed by atoms with E-state index in [4.69, 9.17) is 23.2 Å². The molecule has 0 radical (unpaired) electrons. The van der Waals surface area contributed by atoms with Crippen LogP contribution in [0.4, 0.5) is 0 Å². The molecule has 102 valence electrons. The molecule has 1 aromatic carbocycles. The predicted octanol–water partition coefficient (Wildman–Crippen LogP) is 2.35. The molecule has 0 aliphatic carbocycles. The maximum absolute atomic E-state index is 9.57. The second-order valence-corrected chi connectivity index (χ2v) is 5.06. The van der Waals surface area contributed by atoms with Gasteiger partial charge in [0.2, 0.25) is 0 Å². The fourth-order valence-corrected chi connectivity index (χ4v) is 2.74. The molecule has 6 heteroatoms. The molecule has 3 nitrogen and oxygen atoms in total. The van der Waals surface area contributed by atoms with Crippen molar-refractivity contribution in [2.24, 2.45) is 0 Å². The third kappa shape index (κ3) is 3.98. The van der Waals surface area contributed by atoms with Crippen LogP contribution >= 0.6 is 35.6 Å². The summed E-state index contributed by atoms with van der Waals surface area (Å²) in [5.41, 5.74) is 0.979. The van der Waals surface area contributed by atoms with E-state index in [1.807, 2.05) is 12.1 Å². The molecule has 0 saturated carbocycles. The maximum atomic E-state index is 9.57. The molecule has 1 heterocycles. The maximum Gasteiger partial charge on any atom is 0.0628 e. The molecular weight excluding hydrogens is 295 g/mol. The smallest absolute Gasteiger partial charge is 0.0628 e. The normalized spacial score (nSPS) is 18.2. The Morgan fingerprint density at radius 2 is 1.72 bits per heavy atom. The van der Waals surface area contributed by atoms with Crippen molar-refractivity contribution in [1.82, 2.24) is 10.2 Å². The zero-order chi connectivity index (χ0) is 12.3. The number of rotatable bonds is 3. The minimum Gasteiger partial charge on any atom is -0.394 e. The van der Waals surface area contributed by atoms with Crippen molar-refractivity contribution in [3.63, 3.8) is 0 Å². The molecule has 2 rings (SSSR count). The Morgan fingerprint density at radius 1 is 1.17 bits per heavy atom. The van der Waals surface area contributed by atoms with E-state index in [1.165, 1.54) is 0 Å². The topological polar surface area (TPSA) is 35.5 Å². The van der Waals surface area contributed by atoms with E-state index >= 15 is 0 Å². The van der Waals surface area contributed by atoms with Crippen LogP contribution in [0.2, 0.25) is 10.0 Å². The summed E-state index contributed by atoms with van der Waals surface area (Å²) in [5.74, 6) is 0. The van der Waals surface area contributed by atoms with Gasteiger partial charge < -0.3 is 10.4 Å². The predicted molar refractivity (Wildman–Crippen MR) is 78.0 cm³/mol. The van der Waals surface area contributed by atoms with Crippen LogP contribution in [0.3, 0.4) is 0 Å². The lowest BCUT2D eigenvalue weighted by molar-refractivity contribution is 0.111. The third-order valence-electron chi connectivity index (χ3n) is 3.03. The molecule has 1 aliphatic rings. The zero-order valence-corrected chi connectivity index (χ0v) is 12.2. The minimum absolute atomic E-state index is 0. The number of piperazine rings is 1. The molecule has 1 aromatic rings. The van der Waals surface area contributed by atoms with Crippen molar-refractivity contribution in [2.75, 3.05) is 32.8 Å². The van der Waals surface area contributed by atoms with Crippen LogP contribution in [-0.2, 0) is 0 Å². The van der Waals surface area contributed by atoms with Crippen LogP contribution in [-0.4, -0.2) is 42.8 Å². The Bertz CT molecular complexity index is 363. The number of benzene rings is 1. The van der Waals surface area contributed by atoms with Gasteiger partial charge in [-0.05, 0) is 23.8 Å². The number of halogens is 3. The highest BCUT2D eigenvalue weighted by atomic mass is 35.5. The number of aliphatic hydroxyl groups is 1. The molecule has 0 spiro atoms. The van der Waals surface area contributed by atoms with Crippen LogP contribution in [0, 0.1) is 0 Å². The molecule has 1 fully saturated rings. The second kappa shape index (κ2) is 7.53. The molecule has 0 amide bonds. The van der Waals surface area contributed by atoms with E-state index in [1.54, 1.807) is 6.07 Å². The largest absolute Gasteiger partial charge is 0.394 e. The average Bonchev–Trinajstić information content (AvgIpc) is 2.30. The Balaban J connectivity index is 0.00000162. The number of hydrogen-bond acceptors (Lipinski definition) is 3. The van der Waals surface area contributed by atoms with Gasteiger partial charge in [0.25, 0.3) is 0 Å². The minimum atomic E-state index is -0.0201. The van der Waals surface area contributed by atoms with Crippen molar-refractivity contribution in [3.05, 3.63) is 33.8 Å². The zero-order valence-electron chi connectivity index (χ0n) is 9.90. The van der Waals surface area contributed by atoms with E-state index in [9.17, 15) is 5.11 Å². The third-order valence-corrected chi connectivity index (χ3v) is 3.47. The summed E-state index contributed by atoms with van der Waals surface area (Å²) in [4.78, 5) is 2.25. The van der Waals surface area contributed by atoms with E-state index in [0.717, 1.165) is 31.7 Å². The lowest BCUT2D eigenvalue weighted by atomic mass is 10.1. The highest BCUT2D eigenvalue weighted by Crippen LogP contribution is 2.27. The monoisotopic (exact) mass is 310 g/mol. The first-order valence-electron chi connectivity index (χ1n) is 5.72. The van der Waals surface area contributed by atoms with Gasteiger partial charge in [0.15, 0.2) is 0 Å². The average molecular weight is 312 g/mol. The Morgan fingerprint density at radius 3 is 2.22 bits per heavy atom. The number of nitrogens with one attached hydrogen (secondary N) is 1. The van der Waals surface area contributed by atoms with Gasteiger partial charge in [-0.15, -0.1) is 12.4 Å². The van der Waals surface area contributed by atoms with E-state index in [-0.39, 0.29) is 25.1 Å². The van der Waals surface area contributed by atoms with Crippen LogP contribution in [0.25, 0.3) is 0 Å². The molecule has 2 N–H and O–H groups in total. The van der Waals surface area contributed by atoms with Gasteiger partial charge in [-0.1, -0.05) is 23.2 Å². The van der Waals surface area contributed by atoms with Crippen LogP contribution in [0.5, 0.6) is 0 Å². The molecule has 18 heavy (non-hydrogen) atoms. The van der Waals surface area contributed by atoms with E-state index in [2.05, 4.69) is 10.2 Å². The van der Waals surface area contributed by atoms with Crippen molar-refractivity contribution >= 4 is 35.6 Å². The summed E-state index contributed by atoms with van der Waals surface area (Å²) in [6, 6.07) is 5.43. The summed E-state index contributed by atoms with van der Waals surface area (Å²) in [6.07, 6.45) is 0. The molecule has 0 aromatic heterocycles. The first kappa shape index (κ1) is 16.0. The molecule has 0 bridgehead atoms. The molecule has 1 saturated heterocycles. The van der Waals surface area contributed by atoms with Crippen LogP contribution in [0.15, 0.2) is 18.2 Å². The number of hydrogen-bond donors (Lipinski definition) is 2. The fraction of sp³-hybridized carbons (Fsp3) is 0.500. The summed E-state index contributed by atoms with van der Waals surface area (Å²) in [6.45, 7) is 3.83. The summed E-state index contributed by atoms with van der Waals surface area (Å²) in [5, 5.41) is 14.1. The van der Waals surface area contributed by atoms with Crippen LogP contribution < -0.4 is 5.32 Å². The van der Waals surface area contributed by atoms with E-state index < -0.39 is 0 Å². The van der Waals surface area contributed by atoms with Crippen molar-refractivity contribution in [1.29, 1.82) is 0 Å². The van der Waals surface area contributed by atoms with Crippen molar-refractivity contribution in [3.8, 4) is 0 Å². The Hall–Kier alpha value is -0.0300. The van der Waals surface area contributed by atoms with Crippen molar-refractivity contribution < 1.29 is 5.11 Å². The van der Waals surface area contributed by atoms with Gasteiger partial charge in [0.05, 0.1) is 12.6 Å². The van der Waals surface area contributed by atoms with Gasteiger partial charge in [0.1, 0.15) is 0 Å². The first-order chi connectivity index (χ1) is 8.20. The van der Waals surface area contributed by atoms with Gasteiger partial charge in [0, 0.05) is 36.2 Å². The fourth-order valence-electron chi connectivity index (χ4n) is 2.19. The number of nitrogens with zero attached hydrogens (tertiary/aromatic N) is 1. The second-order valence-electron chi connectivity index (χ2n) is 4.19. The quantitative estimate of drug-likeness (QED) is 0.899. The standard InChI is InChI=1S/C12H16Cl2N2O.ClH/c13-10-5-9(6-11(14)7-10)12(8-17)16-3-1-15-2-4-16;/h5-7,12,15,17H,1-4,8H2;1H/t12-;/m1./s1.